The molecule has 1 aromatic heterocycles. The van der Waals surface area contributed by atoms with Crippen LogP contribution in [0.4, 0.5) is 4.79 Å². The van der Waals surface area contributed by atoms with Gasteiger partial charge in [0, 0.05) is 13.6 Å². The second-order valence-corrected chi connectivity index (χ2v) is 8.70. The van der Waals surface area contributed by atoms with Crippen molar-refractivity contribution < 1.29 is 18.7 Å². The first kappa shape index (κ1) is 20.9. The smallest absolute Gasteiger partial charge is 0.410 e. The molecule has 7 heteroatoms. The third kappa shape index (κ3) is 4.26. The molecule has 0 radical (unpaired) electrons. The van der Waals surface area contributed by atoms with Crippen molar-refractivity contribution in [2.75, 3.05) is 13.6 Å². The predicted octanol–water partition coefficient (Wildman–Crippen LogP) is 4.93. The largest absolute Gasteiger partial charge is 0.444 e. The van der Waals surface area contributed by atoms with Crippen molar-refractivity contribution in [3.05, 3.63) is 53.9 Å². The first-order valence-corrected chi connectivity index (χ1v) is 10.5. The van der Waals surface area contributed by atoms with Crippen molar-refractivity contribution in [3.63, 3.8) is 0 Å². The Morgan fingerprint density at radius 2 is 1.90 bits per heavy atom. The number of rotatable bonds is 3. The molecule has 162 valence electrons. The van der Waals surface area contributed by atoms with E-state index in [4.69, 9.17) is 9.15 Å². The van der Waals surface area contributed by atoms with E-state index in [9.17, 15) is 9.59 Å². The quantitative estimate of drug-likeness (QED) is 0.648. The van der Waals surface area contributed by atoms with E-state index in [0.717, 1.165) is 24.0 Å². The molecular formula is C24H27N3O4. The van der Waals surface area contributed by atoms with E-state index in [1.165, 1.54) is 0 Å². The summed E-state index contributed by atoms with van der Waals surface area (Å²) < 4.78 is 11.7. The van der Waals surface area contributed by atoms with Gasteiger partial charge < -0.3 is 14.5 Å². The van der Waals surface area contributed by atoms with Crippen molar-refractivity contribution in [1.82, 2.24) is 15.2 Å². The number of benzene rings is 2. The molecular weight excluding hydrogens is 394 g/mol. The Morgan fingerprint density at radius 1 is 1.16 bits per heavy atom. The number of hydrogen-bond acceptors (Lipinski definition) is 5. The minimum atomic E-state index is -0.581. The zero-order valence-electron chi connectivity index (χ0n) is 18.3. The van der Waals surface area contributed by atoms with Gasteiger partial charge in [0.05, 0.1) is 5.56 Å². The molecule has 0 bridgehead atoms. The lowest BCUT2D eigenvalue weighted by Gasteiger charge is -2.27. The number of carbonyl (C=O) groups excluding carboxylic acids is 2. The number of likely N-dealkylation sites (tertiary alicyclic amines) is 1. The molecule has 0 saturated carbocycles. The number of aromatic nitrogens is 1. The lowest BCUT2D eigenvalue weighted by molar-refractivity contribution is 0.0205. The van der Waals surface area contributed by atoms with E-state index >= 15 is 0 Å². The Bertz CT molecular complexity index is 1120. The van der Waals surface area contributed by atoms with Gasteiger partial charge in [-0.25, -0.2) is 9.78 Å². The normalized spacial score (nSPS) is 16.5. The minimum absolute atomic E-state index is 0.238. The van der Waals surface area contributed by atoms with Crippen LogP contribution < -0.4 is 5.32 Å². The Balaban J connectivity index is 1.76. The topological polar surface area (TPSA) is 84.7 Å². The highest BCUT2D eigenvalue weighted by molar-refractivity contribution is 6.06. The summed E-state index contributed by atoms with van der Waals surface area (Å²) in [7, 11) is 1.59. The lowest BCUT2D eigenvalue weighted by atomic mass is 10.0. The third-order valence-electron chi connectivity index (χ3n) is 5.26. The van der Waals surface area contributed by atoms with Crippen LogP contribution in [0, 0.1) is 0 Å². The van der Waals surface area contributed by atoms with Crippen molar-refractivity contribution in [2.45, 2.75) is 45.3 Å². The van der Waals surface area contributed by atoms with Crippen LogP contribution in [0.25, 0.3) is 22.2 Å². The van der Waals surface area contributed by atoms with Gasteiger partial charge in [0.15, 0.2) is 5.58 Å². The van der Waals surface area contributed by atoms with Gasteiger partial charge in [-0.15, -0.1) is 0 Å². The Hall–Kier alpha value is -3.35. The van der Waals surface area contributed by atoms with E-state index in [1.54, 1.807) is 11.9 Å². The molecule has 2 amide bonds. The average Bonchev–Trinajstić information content (AvgIpc) is 3.38. The predicted molar refractivity (Wildman–Crippen MR) is 118 cm³/mol. The van der Waals surface area contributed by atoms with Crippen molar-refractivity contribution in [2.24, 2.45) is 0 Å². The first-order chi connectivity index (χ1) is 14.8. The Labute approximate surface area is 181 Å². The van der Waals surface area contributed by atoms with E-state index in [-0.39, 0.29) is 18.0 Å². The van der Waals surface area contributed by atoms with Gasteiger partial charge in [-0.3, -0.25) is 9.69 Å². The summed E-state index contributed by atoms with van der Waals surface area (Å²) in [5.74, 6) is 0.187. The van der Waals surface area contributed by atoms with Gasteiger partial charge in [-0.05, 0) is 56.9 Å². The van der Waals surface area contributed by atoms with Crippen molar-refractivity contribution >= 4 is 23.1 Å². The molecule has 31 heavy (non-hydrogen) atoms. The SMILES string of the molecule is CNC(=O)c1cc(-c2ccccc2)cc2oc(C3CCCN3C(=O)OC(C)(C)C)nc12. The van der Waals surface area contributed by atoms with Gasteiger partial charge in [0.1, 0.15) is 17.2 Å². The average molecular weight is 421 g/mol. The number of carbonyl (C=O) groups is 2. The van der Waals surface area contributed by atoms with E-state index in [2.05, 4.69) is 10.3 Å². The van der Waals surface area contributed by atoms with Gasteiger partial charge in [-0.1, -0.05) is 30.3 Å². The summed E-state index contributed by atoms with van der Waals surface area (Å²) in [6.07, 6.45) is 1.18. The summed E-state index contributed by atoms with van der Waals surface area (Å²) >= 11 is 0. The van der Waals surface area contributed by atoms with Gasteiger partial charge >= 0.3 is 6.09 Å². The summed E-state index contributed by atoms with van der Waals surface area (Å²) in [5, 5.41) is 2.68. The number of nitrogens with one attached hydrogen (secondary N) is 1. The van der Waals surface area contributed by atoms with Crippen LogP contribution in [-0.2, 0) is 4.74 Å². The number of fused-ring (bicyclic) bond motifs is 1. The molecule has 2 aromatic carbocycles. The number of amides is 2. The molecule has 7 nitrogen and oxygen atoms in total. The maximum absolute atomic E-state index is 12.7. The zero-order valence-corrected chi connectivity index (χ0v) is 18.3. The lowest BCUT2D eigenvalue weighted by Crippen LogP contribution is -2.36. The number of oxazole rings is 1. The fraction of sp³-hybridized carbons (Fsp3) is 0.375. The summed E-state index contributed by atoms with van der Waals surface area (Å²) in [4.78, 5) is 31.6. The van der Waals surface area contributed by atoms with Crippen LogP contribution in [0.2, 0.25) is 0 Å². The van der Waals surface area contributed by atoms with Crippen LogP contribution in [0.5, 0.6) is 0 Å². The van der Waals surface area contributed by atoms with Gasteiger partial charge in [0.25, 0.3) is 5.91 Å². The monoisotopic (exact) mass is 421 g/mol. The van der Waals surface area contributed by atoms with Crippen LogP contribution >= 0.6 is 0 Å². The van der Waals surface area contributed by atoms with Crippen molar-refractivity contribution in [3.8, 4) is 11.1 Å². The van der Waals surface area contributed by atoms with Crippen LogP contribution in [0.1, 0.15) is 55.9 Å². The molecule has 1 atom stereocenters. The highest BCUT2D eigenvalue weighted by atomic mass is 16.6. The second kappa shape index (κ2) is 8.06. The van der Waals surface area contributed by atoms with Crippen LogP contribution in [0.3, 0.4) is 0 Å². The number of ether oxygens (including phenoxy) is 1. The molecule has 1 aliphatic rings. The molecule has 4 rings (SSSR count). The van der Waals surface area contributed by atoms with Crippen molar-refractivity contribution in [1.29, 1.82) is 0 Å². The maximum Gasteiger partial charge on any atom is 0.410 e. The molecule has 1 aliphatic heterocycles. The molecule has 0 spiro atoms. The molecule has 1 fully saturated rings. The Morgan fingerprint density at radius 3 is 2.58 bits per heavy atom. The minimum Gasteiger partial charge on any atom is -0.444 e. The fourth-order valence-electron chi connectivity index (χ4n) is 3.86. The maximum atomic E-state index is 12.7. The third-order valence-corrected chi connectivity index (χ3v) is 5.26. The first-order valence-electron chi connectivity index (χ1n) is 10.5. The van der Waals surface area contributed by atoms with Gasteiger partial charge in [0.2, 0.25) is 5.89 Å². The molecule has 3 aromatic rings. The summed E-state index contributed by atoms with van der Waals surface area (Å²) in [5.41, 5.74) is 2.71. The Kier molecular flexibility index (Phi) is 5.43. The molecule has 0 aliphatic carbocycles. The summed E-state index contributed by atoms with van der Waals surface area (Å²) in [6, 6.07) is 13.2. The standard InChI is InChI=1S/C24H27N3O4/c1-24(2,3)31-23(29)27-12-8-11-18(27)22-26-20-17(21(28)25-4)13-16(14-19(20)30-22)15-9-6-5-7-10-15/h5-7,9-10,13-14,18H,8,11-12H2,1-4H3,(H,25,28). The van der Waals surface area contributed by atoms with E-state index < -0.39 is 5.60 Å². The molecule has 1 unspecified atom stereocenters. The van der Waals surface area contributed by atoms with Crippen LogP contribution in [0.15, 0.2) is 46.9 Å². The van der Waals surface area contributed by atoms with Gasteiger partial charge in [-0.2, -0.15) is 0 Å². The number of hydrogen-bond donors (Lipinski definition) is 1. The number of nitrogens with zero attached hydrogens (tertiary/aromatic N) is 2. The second-order valence-electron chi connectivity index (χ2n) is 8.70. The zero-order chi connectivity index (χ0) is 22.2. The van der Waals surface area contributed by atoms with E-state index in [1.807, 2.05) is 63.2 Å². The highest BCUT2D eigenvalue weighted by Crippen LogP contribution is 2.36. The molecule has 1 N–H and O–H groups in total. The molecule has 2 heterocycles. The molecule has 1 saturated heterocycles. The van der Waals surface area contributed by atoms with Crippen LogP contribution in [-0.4, -0.2) is 41.1 Å². The summed E-state index contributed by atoms with van der Waals surface area (Å²) in [6.45, 7) is 6.11. The van der Waals surface area contributed by atoms with E-state index in [0.29, 0.717) is 29.1 Å². The highest BCUT2D eigenvalue weighted by Gasteiger charge is 2.36. The fourth-order valence-corrected chi connectivity index (χ4v) is 3.86.